The molecule has 0 aliphatic rings. The molecule has 2 unspecified atom stereocenters. The van der Waals surface area contributed by atoms with Crippen molar-refractivity contribution in [3.63, 3.8) is 0 Å². The van der Waals surface area contributed by atoms with E-state index in [1.807, 2.05) is 0 Å². The summed E-state index contributed by atoms with van der Waals surface area (Å²) < 4.78 is 26.5. The number of aliphatic hydroxyl groups is 3. The minimum atomic E-state index is -1.78. The largest absolute Gasteiger partial charge is 0.508 e. The van der Waals surface area contributed by atoms with E-state index in [0.717, 1.165) is 0 Å². The van der Waals surface area contributed by atoms with E-state index in [4.69, 9.17) is 10.2 Å². The van der Waals surface area contributed by atoms with Crippen molar-refractivity contribution in [1.82, 2.24) is 0 Å². The minimum absolute atomic E-state index is 0.207. The fraction of sp³-hybridized carbons (Fsp3) is 0.400. The van der Waals surface area contributed by atoms with Gasteiger partial charge >= 0.3 is 0 Å². The van der Waals surface area contributed by atoms with Gasteiger partial charge in [0.25, 0.3) is 0 Å². The van der Waals surface area contributed by atoms with Crippen LogP contribution in [0.15, 0.2) is 12.1 Å². The van der Waals surface area contributed by atoms with Gasteiger partial charge in [-0.3, -0.25) is 0 Å². The molecule has 0 spiro atoms. The number of hydrogen-bond acceptors (Lipinski definition) is 4. The van der Waals surface area contributed by atoms with Gasteiger partial charge in [-0.1, -0.05) is 0 Å². The van der Waals surface area contributed by atoms with Crippen molar-refractivity contribution in [2.75, 3.05) is 6.61 Å². The lowest BCUT2D eigenvalue weighted by atomic mass is 10.0. The van der Waals surface area contributed by atoms with Gasteiger partial charge in [-0.15, -0.1) is 0 Å². The Morgan fingerprint density at radius 1 is 1.12 bits per heavy atom. The smallest absolute Gasteiger partial charge is 0.135 e. The lowest BCUT2D eigenvalue weighted by molar-refractivity contribution is 0.000325. The zero-order chi connectivity index (χ0) is 12.3. The Hall–Kier alpha value is -1.24. The van der Waals surface area contributed by atoms with Crippen LogP contribution < -0.4 is 0 Å². The molecule has 0 bridgehead atoms. The van der Waals surface area contributed by atoms with Gasteiger partial charge in [0.05, 0.1) is 11.7 Å². The summed E-state index contributed by atoms with van der Waals surface area (Å²) in [5.74, 6) is -2.91. The quantitative estimate of drug-likeness (QED) is 0.609. The number of halogens is 2. The van der Waals surface area contributed by atoms with Gasteiger partial charge in [0.1, 0.15) is 23.5 Å². The third-order valence-electron chi connectivity index (χ3n) is 2.15. The van der Waals surface area contributed by atoms with E-state index in [1.165, 1.54) is 0 Å². The molecule has 0 aromatic heterocycles. The Bertz CT molecular complexity index is 347. The van der Waals surface area contributed by atoms with Gasteiger partial charge in [-0.25, -0.2) is 8.78 Å². The number of rotatable bonds is 4. The topological polar surface area (TPSA) is 80.9 Å². The molecule has 0 aliphatic heterocycles. The van der Waals surface area contributed by atoms with Crippen LogP contribution in [0.3, 0.4) is 0 Å². The van der Waals surface area contributed by atoms with Crippen molar-refractivity contribution in [2.45, 2.75) is 18.6 Å². The maximum absolute atomic E-state index is 13.2. The average Bonchev–Trinajstić information content (AvgIpc) is 2.16. The zero-order valence-corrected chi connectivity index (χ0v) is 8.27. The van der Waals surface area contributed by atoms with Crippen molar-refractivity contribution in [2.24, 2.45) is 0 Å². The lowest BCUT2D eigenvalue weighted by Gasteiger charge is -2.18. The summed E-state index contributed by atoms with van der Waals surface area (Å²) in [5, 5.41) is 36.1. The van der Waals surface area contributed by atoms with Gasteiger partial charge in [-0.2, -0.15) is 0 Å². The van der Waals surface area contributed by atoms with E-state index in [2.05, 4.69) is 0 Å². The predicted molar refractivity (Wildman–Crippen MR) is 50.7 cm³/mol. The van der Waals surface area contributed by atoms with Crippen molar-refractivity contribution < 1.29 is 29.2 Å². The van der Waals surface area contributed by atoms with Gasteiger partial charge in [0.2, 0.25) is 0 Å². The number of hydrogen-bond donors (Lipinski definition) is 4. The maximum atomic E-state index is 13.2. The highest BCUT2D eigenvalue weighted by atomic mass is 19.1. The summed E-state index contributed by atoms with van der Waals surface area (Å²) in [5.41, 5.74) is -0.723. The Morgan fingerprint density at radius 2 is 1.62 bits per heavy atom. The summed E-state index contributed by atoms with van der Waals surface area (Å²) >= 11 is 0. The fourth-order valence-corrected chi connectivity index (χ4v) is 1.34. The van der Waals surface area contributed by atoms with Crippen molar-refractivity contribution in [1.29, 1.82) is 0 Å². The first-order valence-electron chi connectivity index (χ1n) is 4.62. The monoisotopic (exact) mass is 234 g/mol. The molecule has 0 saturated heterocycles. The van der Waals surface area contributed by atoms with Gasteiger partial charge < -0.3 is 20.4 Å². The third kappa shape index (κ3) is 2.66. The van der Waals surface area contributed by atoms with E-state index in [9.17, 15) is 19.0 Å². The van der Waals surface area contributed by atoms with Crippen molar-refractivity contribution >= 4 is 0 Å². The number of phenolic OH excluding ortho intramolecular Hbond substituents is 1. The first-order chi connectivity index (χ1) is 7.47. The van der Waals surface area contributed by atoms with Crippen LogP contribution in [0.4, 0.5) is 8.78 Å². The Balaban J connectivity index is 3.03. The van der Waals surface area contributed by atoms with Crippen molar-refractivity contribution in [3.05, 3.63) is 29.3 Å². The van der Waals surface area contributed by atoms with Gasteiger partial charge in [0, 0.05) is 18.7 Å². The molecule has 0 heterocycles. The van der Waals surface area contributed by atoms with E-state index in [1.54, 1.807) is 0 Å². The molecule has 1 aromatic rings. The molecule has 1 aromatic carbocycles. The molecular weight excluding hydrogens is 222 g/mol. The molecule has 0 saturated carbocycles. The van der Waals surface area contributed by atoms with E-state index in [-0.39, 0.29) is 6.42 Å². The molecule has 0 radical (unpaired) electrons. The second-order valence-electron chi connectivity index (χ2n) is 3.35. The SMILES string of the molecule is OCCC(O)C(O)c1c(F)cc(O)cc1F. The summed E-state index contributed by atoms with van der Waals surface area (Å²) in [6.07, 6.45) is -3.47. The normalized spacial score (nSPS) is 14.8. The minimum Gasteiger partial charge on any atom is -0.508 e. The molecule has 0 fully saturated rings. The fourth-order valence-electron chi connectivity index (χ4n) is 1.34. The summed E-state index contributed by atoms with van der Waals surface area (Å²) in [6.45, 7) is -0.417. The highest BCUT2D eigenvalue weighted by Crippen LogP contribution is 2.27. The second-order valence-corrected chi connectivity index (χ2v) is 3.35. The highest BCUT2D eigenvalue weighted by Gasteiger charge is 2.25. The first kappa shape index (κ1) is 12.8. The number of phenols is 1. The van der Waals surface area contributed by atoms with Gasteiger partial charge in [-0.05, 0) is 6.42 Å². The molecule has 90 valence electrons. The Kier molecular flexibility index (Phi) is 4.17. The molecule has 6 heteroatoms. The van der Waals surface area contributed by atoms with Crippen LogP contribution in [-0.4, -0.2) is 33.1 Å². The lowest BCUT2D eigenvalue weighted by Crippen LogP contribution is -2.21. The summed E-state index contributed by atoms with van der Waals surface area (Å²) in [6, 6.07) is 1.26. The maximum Gasteiger partial charge on any atom is 0.135 e. The number of benzene rings is 1. The van der Waals surface area contributed by atoms with E-state index < -0.39 is 41.8 Å². The molecule has 1 rings (SSSR count). The molecule has 2 atom stereocenters. The summed E-state index contributed by atoms with van der Waals surface area (Å²) in [4.78, 5) is 0. The predicted octanol–water partition coefficient (Wildman–Crippen LogP) is 0.447. The molecule has 16 heavy (non-hydrogen) atoms. The highest BCUT2D eigenvalue weighted by molar-refractivity contribution is 5.31. The van der Waals surface area contributed by atoms with Gasteiger partial charge in [0.15, 0.2) is 0 Å². The molecular formula is C10H12F2O4. The standard InChI is InChI=1S/C10H12F2O4/c11-6-3-5(14)4-7(12)9(6)10(16)8(15)1-2-13/h3-4,8,10,13-16H,1-2H2. The van der Waals surface area contributed by atoms with Crippen LogP contribution in [-0.2, 0) is 0 Å². The van der Waals surface area contributed by atoms with Crippen LogP contribution in [0.25, 0.3) is 0 Å². The molecule has 0 aliphatic carbocycles. The number of aromatic hydroxyl groups is 1. The molecule has 4 N–H and O–H groups in total. The van der Waals surface area contributed by atoms with Crippen LogP contribution in [0.5, 0.6) is 5.75 Å². The summed E-state index contributed by atoms with van der Waals surface area (Å²) in [7, 11) is 0. The molecule has 4 nitrogen and oxygen atoms in total. The average molecular weight is 234 g/mol. The van der Waals surface area contributed by atoms with Crippen LogP contribution in [0.2, 0.25) is 0 Å². The van der Waals surface area contributed by atoms with Crippen LogP contribution in [0.1, 0.15) is 18.1 Å². The molecule has 0 amide bonds. The number of aliphatic hydroxyl groups excluding tert-OH is 3. The Morgan fingerprint density at radius 3 is 2.06 bits per heavy atom. The van der Waals surface area contributed by atoms with E-state index in [0.29, 0.717) is 12.1 Å². The first-order valence-corrected chi connectivity index (χ1v) is 4.62. The van der Waals surface area contributed by atoms with Crippen molar-refractivity contribution in [3.8, 4) is 5.75 Å². The van der Waals surface area contributed by atoms with Crippen LogP contribution >= 0.6 is 0 Å². The Labute approximate surface area is 90.4 Å². The zero-order valence-electron chi connectivity index (χ0n) is 8.27. The van der Waals surface area contributed by atoms with E-state index >= 15 is 0 Å². The van der Waals surface area contributed by atoms with Crippen LogP contribution in [0, 0.1) is 11.6 Å². The third-order valence-corrected chi connectivity index (χ3v) is 2.15. The second kappa shape index (κ2) is 5.20.